The van der Waals surface area contributed by atoms with Gasteiger partial charge in [-0.05, 0) is 19.1 Å². The minimum absolute atomic E-state index is 0.152. The van der Waals surface area contributed by atoms with Gasteiger partial charge in [-0.15, -0.1) is 0 Å². The first-order chi connectivity index (χ1) is 7.96. The summed E-state index contributed by atoms with van der Waals surface area (Å²) >= 11 is 0. The first-order valence-electron chi connectivity index (χ1n) is 5.37. The van der Waals surface area contributed by atoms with Crippen LogP contribution in [0.3, 0.4) is 0 Å². The average molecular weight is 258 g/mol. The summed E-state index contributed by atoms with van der Waals surface area (Å²) in [6.45, 7) is 3.71. The summed E-state index contributed by atoms with van der Waals surface area (Å²) in [6.07, 6.45) is 1.14. The van der Waals surface area contributed by atoms with Crippen molar-refractivity contribution in [1.82, 2.24) is 0 Å². The third-order valence-corrected chi connectivity index (χ3v) is 3.39. The molecule has 5 nitrogen and oxygen atoms in total. The summed E-state index contributed by atoms with van der Waals surface area (Å²) in [6, 6.07) is 4.91. The molecule has 0 heterocycles. The van der Waals surface area contributed by atoms with Crippen LogP contribution in [-0.2, 0) is 14.6 Å². The Bertz CT molecular complexity index is 472. The molecule has 0 amide bonds. The van der Waals surface area contributed by atoms with E-state index in [-0.39, 0.29) is 10.6 Å². The lowest BCUT2D eigenvalue weighted by atomic mass is 10.2. The second-order valence-corrected chi connectivity index (χ2v) is 5.60. The molecule has 0 radical (unpaired) electrons. The van der Waals surface area contributed by atoms with Crippen LogP contribution >= 0.6 is 0 Å². The second kappa shape index (κ2) is 5.88. The van der Waals surface area contributed by atoms with Gasteiger partial charge in [-0.2, -0.15) is 0 Å². The van der Waals surface area contributed by atoms with Crippen LogP contribution in [0.25, 0.3) is 0 Å². The Kier molecular flexibility index (Phi) is 4.77. The highest BCUT2D eigenvalue weighted by atomic mass is 32.2. The summed E-state index contributed by atoms with van der Waals surface area (Å²) in [4.78, 5) is 0.152. The van der Waals surface area contributed by atoms with Gasteiger partial charge in [-0.1, -0.05) is 6.07 Å². The van der Waals surface area contributed by atoms with Crippen LogP contribution < -0.4 is 11.1 Å². The number of anilines is 2. The zero-order valence-electron chi connectivity index (χ0n) is 10.1. The van der Waals surface area contributed by atoms with E-state index in [2.05, 4.69) is 5.32 Å². The second-order valence-electron chi connectivity index (χ2n) is 3.61. The molecular formula is C11H18N2O3S. The van der Waals surface area contributed by atoms with Crippen LogP contribution in [-0.4, -0.2) is 34.4 Å². The van der Waals surface area contributed by atoms with Crippen LogP contribution in [0.1, 0.15) is 6.92 Å². The van der Waals surface area contributed by atoms with E-state index in [1.165, 1.54) is 6.07 Å². The molecule has 17 heavy (non-hydrogen) atoms. The fourth-order valence-electron chi connectivity index (χ4n) is 1.42. The van der Waals surface area contributed by atoms with Crippen molar-refractivity contribution in [3.05, 3.63) is 18.2 Å². The third-order valence-electron chi connectivity index (χ3n) is 2.23. The SMILES string of the molecule is CCOCCNc1cccc(S(C)(=O)=O)c1N. The van der Waals surface area contributed by atoms with Crippen molar-refractivity contribution in [3.8, 4) is 0 Å². The number of nitrogen functional groups attached to an aromatic ring is 1. The summed E-state index contributed by atoms with van der Waals surface area (Å²) in [5.74, 6) is 0. The predicted molar refractivity (Wildman–Crippen MR) is 68.9 cm³/mol. The van der Waals surface area contributed by atoms with Gasteiger partial charge in [0.2, 0.25) is 0 Å². The zero-order valence-corrected chi connectivity index (χ0v) is 10.9. The summed E-state index contributed by atoms with van der Waals surface area (Å²) < 4.78 is 28.1. The zero-order chi connectivity index (χ0) is 12.9. The molecule has 1 rings (SSSR count). The lowest BCUT2D eigenvalue weighted by Gasteiger charge is -2.11. The maximum Gasteiger partial charge on any atom is 0.177 e. The number of sulfone groups is 1. The fourth-order valence-corrected chi connectivity index (χ4v) is 2.26. The summed E-state index contributed by atoms with van der Waals surface area (Å²) in [5, 5.41) is 3.05. The fraction of sp³-hybridized carbons (Fsp3) is 0.455. The highest BCUT2D eigenvalue weighted by Gasteiger charge is 2.13. The average Bonchev–Trinajstić information content (AvgIpc) is 2.25. The monoisotopic (exact) mass is 258 g/mol. The lowest BCUT2D eigenvalue weighted by Crippen LogP contribution is -2.12. The molecule has 0 saturated carbocycles. The van der Waals surface area contributed by atoms with Crippen molar-refractivity contribution in [2.24, 2.45) is 0 Å². The molecule has 0 spiro atoms. The first kappa shape index (κ1) is 13.8. The predicted octanol–water partition coefficient (Wildman–Crippen LogP) is 1.12. The number of nitrogens with two attached hydrogens (primary N) is 1. The van der Waals surface area contributed by atoms with E-state index in [1.807, 2.05) is 6.92 Å². The van der Waals surface area contributed by atoms with E-state index in [9.17, 15) is 8.42 Å². The topological polar surface area (TPSA) is 81.4 Å². The number of rotatable bonds is 6. The largest absolute Gasteiger partial charge is 0.396 e. The van der Waals surface area contributed by atoms with Gasteiger partial charge in [-0.3, -0.25) is 0 Å². The quantitative estimate of drug-likeness (QED) is 0.590. The van der Waals surface area contributed by atoms with Crippen molar-refractivity contribution in [2.45, 2.75) is 11.8 Å². The molecular weight excluding hydrogens is 240 g/mol. The molecule has 6 heteroatoms. The van der Waals surface area contributed by atoms with Crippen LogP contribution in [0.4, 0.5) is 11.4 Å². The van der Waals surface area contributed by atoms with Crippen LogP contribution in [0.2, 0.25) is 0 Å². The molecule has 0 aliphatic carbocycles. The van der Waals surface area contributed by atoms with Crippen molar-refractivity contribution in [3.63, 3.8) is 0 Å². The number of ether oxygens (including phenoxy) is 1. The maximum atomic E-state index is 11.4. The Labute approximate surface area is 102 Å². The van der Waals surface area contributed by atoms with Crippen molar-refractivity contribution < 1.29 is 13.2 Å². The molecule has 0 fully saturated rings. The number of hydrogen-bond acceptors (Lipinski definition) is 5. The van der Waals surface area contributed by atoms with Crippen LogP contribution in [0, 0.1) is 0 Å². The van der Waals surface area contributed by atoms with Gasteiger partial charge in [0.25, 0.3) is 0 Å². The standard InChI is InChI=1S/C11H18N2O3S/c1-3-16-8-7-13-9-5-4-6-10(11(9)12)17(2,14)15/h4-6,13H,3,7-8,12H2,1-2H3. The minimum atomic E-state index is -3.29. The smallest absolute Gasteiger partial charge is 0.177 e. The van der Waals surface area contributed by atoms with E-state index in [4.69, 9.17) is 10.5 Å². The molecule has 0 unspecified atom stereocenters. The number of benzene rings is 1. The Balaban J connectivity index is 2.81. The van der Waals surface area contributed by atoms with Gasteiger partial charge < -0.3 is 15.8 Å². The molecule has 3 N–H and O–H groups in total. The molecule has 0 aliphatic rings. The molecule has 0 aliphatic heterocycles. The molecule has 0 atom stereocenters. The van der Waals surface area contributed by atoms with E-state index in [1.54, 1.807) is 12.1 Å². The van der Waals surface area contributed by atoms with Gasteiger partial charge in [0.05, 0.1) is 22.9 Å². The summed E-state index contributed by atoms with van der Waals surface area (Å²) in [5.41, 5.74) is 6.68. The molecule has 0 aromatic heterocycles. The van der Waals surface area contributed by atoms with E-state index < -0.39 is 9.84 Å². The van der Waals surface area contributed by atoms with Crippen LogP contribution in [0.15, 0.2) is 23.1 Å². The number of hydrogen-bond donors (Lipinski definition) is 2. The van der Waals surface area contributed by atoms with E-state index in [0.29, 0.717) is 25.4 Å². The van der Waals surface area contributed by atoms with Crippen molar-refractivity contribution >= 4 is 21.2 Å². The molecule has 1 aromatic carbocycles. The molecule has 96 valence electrons. The molecule has 0 saturated heterocycles. The van der Waals surface area contributed by atoms with Gasteiger partial charge in [0, 0.05) is 19.4 Å². The van der Waals surface area contributed by atoms with Gasteiger partial charge >= 0.3 is 0 Å². The third kappa shape index (κ3) is 3.90. The Morgan fingerprint density at radius 1 is 1.41 bits per heavy atom. The number of nitrogens with one attached hydrogen (secondary N) is 1. The van der Waals surface area contributed by atoms with Crippen molar-refractivity contribution in [2.75, 3.05) is 37.1 Å². The molecule has 1 aromatic rings. The van der Waals surface area contributed by atoms with Crippen molar-refractivity contribution in [1.29, 1.82) is 0 Å². The van der Waals surface area contributed by atoms with E-state index >= 15 is 0 Å². The highest BCUT2D eigenvalue weighted by molar-refractivity contribution is 7.90. The Morgan fingerprint density at radius 2 is 2.12 bits per heavy atom. The first-order valence-corrected chi connectivity index (χ1v) is 7.26. The Morgan fingerprint density at radius 3 is 2.71 bits per heavy atom. The Hall–Kier alpha value is -1.27. The highest BCUT2D eigenvalue weighted by Crippen LogP contribution is 2.26. The van der Waals surface area contributed by atoms with Gasteiger partial charge in [0.15, 0.2) is 9.84 Å². The minimum Gasteiger partial charge on any atom is -0.396 e. The molecule has 0 bridgehead atoms. The lowest BCUT2D eigenvalue weighted by molar-refractivity contribution is 0.158. The van der Waals surface area contributed by atoms with Crippen LogP contribution in [0.5, 0.6) is 0 Å². The normalized spacial score (nSPS) is 11.4. The van der Waals surface area contributed by atoms with Gasteiger partial charge in [-0.25, -0.2) is 8.42 Å². The number of para-hydroxylation sites is 1. The maximum absolute atomic E-state index is 11.4. The van der Waals surface area contributed by atoms with E-state index in [0.717, 1.165) is 6.26 Å². The summed E-state index contributed by atoms with van der Waals surface area (Å²) in [7, 11) is -3.29. The van der Waals surface area contributed by atoms with Gasteiger partial charge in [0.1, 0.15) is 0 Å².